The van der Waals surface area contributed by atoms with E-state index in [2.05, 4.69) is 11.9 Å². The fourth-order valence-corrected chi connectivity index (χ4v) is 2.22. The first kappa shape index (κ1) is 16.2. The van der Waals surface area contributed by atoms with Crippen LogP contribution in [0.25, 0.3) is 0 Å². The molecule has 1 aromatic rings. The van der Waals surface area contributed by atoms with E-state index < -0.39 is 4.92 Å². The SMILES string of the molecule is C=CCN(Cc1cccc([N+](=O)[O-])c1)C(=O)CNCC1CC1. The van der Waals surface area contributed by atoms with Gasteiger partial charge in [-0.1, -0.05) is 18.2 Å². The van der Waals surface area contributed by atoms with Gasteiger partial charge < -0.3 is 10.2 Å². The summed E-state index contributed by atoms with van der Waals surface area (Å²) in [5.41, 5.74) is 0.780. The summed E-state index contributed by atoms with van der Waals surface area (Å²) in [6.07, 6.45) is 4.15. The van der Waals surface area contributed by atoms with Gasteiger partial charge in [0, 0.05) is 25.2 Å². The van der Waals surface area contributed by atoms with E-state index in [9.17, 15) is 14.9 Å². The zero-order chi connectivity index (χ0) is 15.9. The number of amides is 1. The third kappa shape index (κ3) is 4.96. The van der Waals surface area contributed by atoms with Crippen molar-refractivity contribution < 1.29 is 9.72 Å². The number of hydrogen-bond donors (Lipinski definition) is 1. The summed E-state index contributed by atoms with van der Waals surface area (Å²) >= 11 is 0. The number of carbonyl (C=O) groups is 1. The standard InChI is InChI=1S/C16H21N3O3/c1-2-8-18(16(20)11-17-10-13-6-7-13)12-14-4-3-5-15(9-14)19(21)22/h2-5,9,13,17H,1,6-8,10-12H2. The summed E-state index contributed by atoms with van der Waals surface area (Å²) in [5.74, 6) is 0.699. The predicted octanol–water partition coefficient (Wildman–Crippen LogP) is 2.11. The van der Waals surface area contributed by atoms with Gasteiger partial charge in [0.05, 0.1) is 11.5 Å². The van der Waals surface area contributed by atoms with Crippen molar-refractivity contribution in [3.05, 3.63) is 52.6 Å². The lowest BCUT2D eigenvalue weighted by atomic mass is 10.2. The maximum absolute atomic E-state index is 12.2. The quantitative estimate of drug-likeness (QED) is 0.431. The van der Waals surface area contributed by atoms with Gasteiger partial charge >= 0.3 is 0 Å². The number of nitrogens with one attached hydrogen (secondary N) is 1. The minimum atomic E-state index is -0.430. The number of hydrogen-bond acceptors (Lipinski definition) is 4. The number of nitro benzene ring substituents is 1. The van der Waals surface area contributed by atoms with Crippen LogP contribution in [-0.4, -0.2) is 35.4 Å². The number of benzene rings is 1. The van der Waals surface area contributed by atoms with Gasteiger partial charge in [0.15, 0.2) is 0 Å². The molecule has 0 radical (unpaired) electrons. The average Bonchev–Trinajstić information content (AvgIpc) is 3.31. The fraction of sp³-hybridized carbons (Fsp3) is 0.438. The zero-order valence-electron chi connectivity index (χ0n) is 12.5. The number of carbonyl (C=O) groups excluding carboxylic acids is 1. The first-order valence-corrected chi connectivity index (χ1v) is 7.43. The summed E-state index contributed by atoms with van der Waals surface area (Å²) in [4.78, 5) is 24.3. The van der Waals surface area contributed by atoms with E-state index in [1.54, 1.807) is 23.1 Å². The molecule has 0 atom stereocenters. The molecule has 1 amide bonds. The van der Waals surface area contributed by atoms with Gasteiger partial charge in [-0.05, 0) is 30.9 Å². The molecule has 0 saturated heterocycles. The molecular weight excluding hydrogens is 282 g/mol. The second-order valence-corrected chi connectivity index (χ2v) is 5.56. The first-order chi connectivity index (χ1) is 10.6. The smallest absolute Gasteiger partial charge is 0.269 e. The summed E-state index contributed by atoms with van der Waals surface area (Å²) in [6.45, 7) is 5.60. The maximum Gasteiger partial charge on any atom is 0.269 e. The van der Waals surface area contributed by atoms with E-state index in [1.165, 1.54) is 25.0 Å². The summed E-state index contributed by atoms with van der Waals surface area (Å²) in [5, 5.41) is 14.0. The molecular formula is C16H21N3O3. The zero-order valence-corrected chi connectivity index (χ0v) is 12.5. The van der Waals surface area contributed by atoms with Crippen LogP contribution in [0, 0.1) is 16.0 Å². The first-order valence-electron chi connectivity index (χ1n) is 7.43. The molecule has 1 aliphatic carbocycles. The molecule has 0 bridgehead atoms. The lowest BCUT2D eigenvalue weighted by molar-refractivity contribution is -0.384. The van der Waals surface area contributed by atoms with E-state index in [0.717, 1.165) is 18.0 Å². The second kappa shape index (κ2) is 7.70. The average molecular weight is 303 g/mol. The van der Waals surface area contributed by atoms with E-state index >= 15 is 0 Å². The lowest BCUT2D eigenvalue weighted by Gasteiger charge is -2.21. The van der Waals surface area contributed by atoms with Gasteiger partial charge in [0.25, 0.3) is 5.69 Å². The molecule has 1 N–H and O–H groups in total. The van der Waals surface area contributed by atoms with Gasteiger partial charge in [-0.25, -0.2) is 0 Å². The van der Waals surface area contributed by atoms with Crippen molar-refractivity contribution in [2.24, 2.45) is 5.92 Å². The Morgan fingerprint density at radius 1 is 1.50 bits per heavy atom. The van der Waals surface area contributed by atoms with Gasteiger partial charge in [-0.2, -0.15) is 0 Å². The van der Waals surface area contributed by atoms with Crippen LogP contribution in [0.5, 0.6) is 0 Å². The van der Waals surface area contributed by atoms with Crippen LogP contribution < -0.4 is 5.32 Å². The van der Waals surface area contributed by atoms with Crippen LogP contribution in [0.1, 0.15) is 18.4 Å². The Balaban J connectivity index is 1.94. The van der Waals surface area contributed by atoms with E-state index in [-0.39, 0.29) is 11.6 Å². The van der Waals surface area contributed by atoms with E-state index in [1.807, 2.05) is 0 Å². The third-order valence-electron chi connectivity index (χ3n) is 3.60. The van der Waals surface area contributed by atoms with Crippen LogP contribution in [-0.2, 0) is 11.3 Å². The Morgan fingerprint density at radius 2 is 2.27 bits per heavy atom. The highest BCUT2D eigenvalue weighted by Gasteiger charge is 2.21. The van der Waals surface area contributed by atoms with Gasteiger partial charge in [-0.3, -0.25) is 14.9 Å². The molecule has 2 rings (SSSR count). The Hall–Kier alpha value is -2.21. The minimum absolute atomic E-state index is 0.0212. The van der Waals surface area contributed by atoms with E-state index in [0.29, 0.717) is 19.6 Å². The van der Waals surface area contributed by atoms with Gasteiger partial charge in [0.1, 0.15) is 0 Å². The normalized spacial score (nSPS) is 13.6. The molecule has 6 heteroatoms. The van der Waals surface area contributed by atoms with Crippen LogP contribution in [0.15, 0.2) is 36.9 Å². The lowest BCUT2D eigenvalue weighted by Crippen LogP contribution is -2.38. The van der Waals surface area contributed by atoms with Crippen molar-refractivity contribution in [1.82, 2.24) is 10.2 Å². The summed E-state index contributed by atoms with van der Waals surface area (Å²) in [7, 11) is 0. The highest BCUT2D eigenvalue weighted by molar-refractivity contribution is 5.78. The molecule has 22 heavy (non-hydrogen) atoms. The van der Waals surface area contributed by atoms with Crippen molar-refractivity contribution >= 4 is 11.6 Å². The summed E-state index contributed by atoms with van der Waals surface area (Å²) in [6, 6.07) is 6.37. The molecule has 1 aliphatic rings. The molecule has 1 fully saturated rings. The Kier molecular flexibility index (Phi) is 5.66. The molecule has 0 unspecified atom stereocenters. The second-order valence-electron chi connectivity index (χ2n) is 5.56. The van der Waals surface area contributed by atoms with Crippen molar-refractivity contribution in [2.45, 2.75) is 19.4 Å². The van der Waals surface area contributed by atoms with Gasteiger partial charge in [0.2, 0.25) is 5.91 Å². The Morgan fingerprint density at radius 3 is 2.91 bits per heavy atom. The number of rotatable bonds is 9. The number of non-ortho nitro benzene ring substituents is 1. The summed E-state index contributed by atoms with van der Waals surface area (Å²) < 4.78 is 0. The topological polar surface area (TPSA) is 75.5 Å². The van der Waals surface area contributed by atoms with Crippen LogP contribution >= 0.6 is 0 Å². The third-order valence-corrected chi connectivity index (χ3v) is 3.60. The fourth-order valence-electron chi connectivity index (χ4n) is 2.22. The molecule has 0 aliphatic heterocycles. The number of nitrogens with zero attached hydrogens (tertiary/aromatic N) is 2. The Bertz CT molecular complexity index is 555. The maximum atomic E-state index is 12.2. The van der Waals surface area contributed by atoms with Crippen molar-refractivity contribution in [2.75, 3.05) is 19.6 Å². The monoisotopic (exact) mass is 303 g/mol. The van der Waals surface area contributed by atoms with Gasteiger partial charge in [-0.15, -0.1) is 6.58 Å². The van der Waals surface area contributed by atoms with Crippen LogP contribution in [0.3, 0.4) is 0 Å². The molecule has 6 nitrogen and oxygen atoms in total. The van der Waals surface area contributed by atoms with Crippen molar-refractivity contribution in [1.29, 1.82) is 0 Å². The highest BCUT2D eigenvalue weighted by Crippen LogP contribution is 2.27. The Labute approximate surface area is 130 Å². The molecule has 0 heterocycles. The van der Waals surface area contributed by atoms with Crippen molar-refractivity contribution in [3.8, 4) is 0 Å². The predicted molar refractivity (Wildman–Crippen MR) is 84.3 cm³/mol. The molecule has 1 aromatic carbocycles. The van der Waals surface area contributed by atoms with E-state index in [4.69, 9.17) is 0 Å². The number of nitro groups is 1. The largest absolute Gasteiger partial charge is 0.334 e. The minimum Gasteiger partial charge on any atom is -0.334 e. The van der Waals surface area contributed by atoms with Crippen LogP contribution in [0.2, 0.25) is 0 Å². The highest BCUT2D eigenvalue weighted by atomic mass is 16.6. The molecule has 0 spiro atoms. The van der Waals surface area contributed by atoms with Crippen LogP contribution in [0.4, 0.5) is 5.69 Å². The molecule has 118 valence electrons. The molecule has 0 aromatic heterocycles. The molecule has 1 saturated carbocycles. The van der Waals surface area contributed by atoms with Crippen molar-refractivity contribution in [3.63, 3.8) is 0 Å².